The third-order valence-corrected chi connectivity index (χ3v) is 2.75. The molecule has 5 nitrogen and oxygen atoms in total. The quantitative estimate of drug-likeness (QED) is 0.597. The SMILES string of the molecule is O=C(/C=C/c1ccco1)NC(=S)Nc1cccc(CO)c1. The van der Waals surface area contributed by atoms with Crippen molar-refractivity contribution in [1.29, 1.82) is 0 Å². The number of amides is 1. The predicted octanol–water partition coefficient (Wildman–Crippen LogP) is 2.30. The average Bonchev–Trinajstić information content (AvgIpc) is 2.98. The summed E-state index contributed by atoms with van der Waals surface area (Å²) in [4.78, 5) is 11.7. The molecule has 1 heterocycles. The Morgan fingerprint density at radius 2 is 2.19 bits per heavy atom. The van der Waals surface area contributed by atoms with Gasteiger partial charge in [-0.25, -0.2) is 0 Å². The first-order valence-corrected chi connectivity index (χ1v) is 6.61. The molecule has 2 aromatic rings. The summed E-state index contributed by atoms with van der Waals surface area (Å²) < 4.78 is 5.07. The molecule has 0 spiro atoms. The lowest BCUT2D eigenvalue weighted by molar-refractivity contribution is -0.115. The van der Waals surface area contributed by atoms with Gasteiger partial charge in [0.2, 0.25) is 5.91 Å². The van der Waals surface area contributed by atoms with E-state index >= 15 is 0 Å². The first-order valence-electron chi connectivity index (χ1n) is 6.21. The molecule has 0 aliphatic heterocycles. The summed E-state index contributed by atoms with van der Waals surface area (Å²) in [6.07, 6.45) is 4.40. The number of anilines is 1. The van der Waals surface area contributed by atoms with Crippen molar-refractivity contribution < 1.29 is 14.3 Å². The molecule has 6 heteroatoms. The van der Waals surface area contributed by atoms with Gasteiger partial charge in [0.15, 0.2) is 5.11 Å². The monoisotopic (exact) mass is 302 g/mol. The molecule has 1 amide bonds. The van der Waals surface area contributed by atoms with Crippen molar-refractivity contribution in [2.75, 3.05) is 5.32 Å². The van der Waals surface area contributed by atoms with Crippen LogP contribution < -0.4 is 10.6 Å². The summed E-state index contributed by atoms with van der Waals surface area (Å²) in [5.74, 6) is 0.224. The van der Waals surface area contributed by atoms with Crippen LogP contribution in [0.2, 0.25) is 0 Å². The number of rotatable bonds is 4. The topological polar surface area (TPSA) is 74.5 Å². The summed E-state index contributed by atoms with van der Waals surface area (Å²) in [6, 6.07) is 10.6. The molecule has 0 aliphatic rings. The van der Waals surface area contributed by atoms with Gasteiger partial charge in [-0.15, -0.1) is 0 Å². The van der Waals surface area contributed by atoms with Gasteiger partial charge in [-0.1, -0.05) is 12.1 Å². The maximum absolute atomic E-state index is 11.7. The molecular weight excluding hydrogens is 288 g/mol. The summed E-state index contributed by atoms with van der Waals surface area (Å²) in [7, 11) is 0. The zero-order chi connectivity index (χ0) is 15.1. The van der Waals surface area contributed by atoms with Crippen LogP contribution in [0.1, 0.15) is 11.3 Å². The number of aliphatic hydroxyl groups is 1. The number of carbonyl (C=O) groups excluding carboxylic acids is 1. The smallest absolute Gasteiger partial charge is 0.250 e. The third-order valence-electron chi connectivity index (χ3n) is 2.55. The normalized spacial score (nSPS) is 10.5. The zero-order valence-corrected chi connectivity index (χ0v) is 11.9. The first-order chi connectivity index (χ1) is 10.2. The van der Waals surface area contributed by atoms with Crippen LogP contribution in [0.4, 0.5) is 5.69 Å². The van der Waals surface area contributed by atoms with Crippen LogP contribution in [0.3, 0.4) is 0 Å². The van der Waals surface area contributed by atoms with E-state index in [1.807, 2.05) is 0 Å². The van der Waals surface area contributed by atoms with Gasteiger partial charge in [-0.3, -0.25) is 10.1 Å². The second-order valence-electron chi connectivity index (χ2n) is 4.15. The molecule has 108 valence electrons. The Hall–Kier alpha value is -2.44. The number of benzene rings is 1. The van der Waals surface area contributed by atoms with Gasteiger partial charge in [0.25, 0.3) is 0 Å². The van der Waals surface area contributed by atoms with Crippen molar-refractivity contribution in [3.63, 3.8) is 0 Å². The molecule has 0 radical (unpaired) electrons. The van der Waals surface area contributed by atoms with E-state index in [9.17, 15) is 4.79 Å². The molecule has 21 heavy (non-hydrogen) atoms. The lowest BCUT2D eigenvalue weighted by Crippen LogP contribution is -2.32. The van der Waals surface area contributed by atoms with E-state index in [4.69, 9.17) is 21.7 Å². The van der Waals surface area contributed by atoms with Gasteiger partial charge >= 0.3 is 0 Å². The van der Waals surface area contributed by atoms with Crippen molar-refractivity contribution in [3.05, 3.63) is 60.1 Å². The van der Waals surface area contributed by atoms with Crippen LogP contribution in [0, 0.1) is 0 Å². The minimum atomic E-state index is -0.359. The van der Waals surface area contributed by atoms with E-state index in [1.165, 1.54) is 12.3 Å². The summed E-state index contributed by atoms with van der Waals surface area (Å²) in [5, 5.41) is 14.6. The van der Waals surface area contributed by atoms with Crippen molar-refractivity contribution >= 4 is 35.0 Å². The molecule has 0 unspecified atom stereocenters. The average molecular weight is 302 g/mol. The number of nitrogens with one attached hydrogen (secondary N) is 2. The van der Waals surface area contributed by atoms with Crippen molar-refractivity contribution in [2.24, 2.45) is 0 Å². The van der Waals surface area contributed by atoms with Crippen LogP contribution >= 0.6 is 12.2 Å². The van der Waals surface area contributed by atoms with E-state index in [0.717, 1.165) is 5.56 Å². The molecule has 0 saturated heterocycles. The number of hydrogen-bond donors (Lipinski definition) is 3. The molecule has 0 fully saturated rings. The summed E-state index contributed by atoms with van der Waals surface area (Å²) in [5.41, 5.74) is 1.45. The van der Waals surface area contributed by atoms with E-state index < -0.39 is 0 Å². The van der Waals surface area contributed by atoms with Crippen LogP contribution in [0.15, 0.2) is 53.2 Å². The van der Waals surface area contributed by atoms with Gasteiger partial charge in [0.1, 0.15) is 5.76 Å². The standard InChI is InChI=1S/C15H14N2O3S/c18-10-11-3-1-4-12(9-11)16-15(21)17-14(19)7-6-13-5-2-8-20-13/h1-9,18H,10H2,(H2,16,17,19,21)/b7-6+. The molecule has 3 N–H and O–H groups in total. The summed E-state index contributed by atoms with van der Waals surface area (Å²) >= 11 is 5.04. The Morgan fingerprint density at radius 1 is 1.33 bits per heavy atom. The van der Waals surface area contributed by atoms with Gasteiger partial charge < -0.3 is 14.8 Å². The Kier molecular flexibility index (Phi) is 5.25. The van der Waals surface area contributed by atoms with Crippen LogP contribution in [0.25, 0.3) is 6.08 Å². The highest BCUT2D eigenvalue weighted by Gasteiger charge is 2.02. The first kappa shape index (κ1) is 15.0. The second-order valence-corrected chi connectivity index (χ2v) is 4.56. The lowest BCUT2D eigenvalue weighted by Gasteiger charge is -2.08. The fraction of sp³-hybridized carbons (Fsp3) is 0.0667. The molecule has 0 atom stereocenters. The molecule has 2 rings (SSSR count). The van der Waals surface area contributed by atoms with E-state index in [1.54, 1.807) is 42.5 Å². The fourth-order valence-corrected chi connectivity index (χ4v) is 1.83. The molecule has 0 saturated carbocycles. The van der Waals surface area contributed by atoms with E-state index in [2.05, 4.69) is 10.6 Å². The molecule has 0 bridgehead atoms. The Balaban J connectivity index is 1.87. The van der Waals surface area contributed by atoms with Gasteiger partial charge in [0, 0.05) is 11.8 Å². The molecule has 1 aromatic carbocycles. The molecule has 1 aromatic heterocycles. The predicted molar refractivity (Wildman–Crippen MR) is 84.5 cm³/mol. The number of aliphatic hydroxyl groups excluding tert-OH is 1. The van der Waals surface area contributed by atoms with Gasteiger partial charge in [-0.05, 0) is 48.1 Å². The van der Waals surface area contributed by atoms with Crippen molar-refractivity contribution in [2.45, 2.75) is 6.61 Å². The molecular formula is C15H14N2O3S. The minimum Gasteiger partial charge on any atom is -0.465 e. The van der Waals surface area contributed by atoms with E-state index in [0.29, 0.717) is 11.4 Å². The maximum atomic E-state index is 11.7. The minimum absolute atomic E-state index is 0.0550. The number of furan rings is 1. The Morgan fingerprint density at radius 3 is 2.90 bits per heavy atom. The Bertz CT molecular complexity index is 651. The third kappa shape index (κ3) is 4.87. The fourth-order valence-electron chi connectivity index (χ4n) is 1.61. The van der Waals surface area contributed by atoms with Crippen molar-refractivity contribution in [3.8, 4) is 0 Å². The number of thiocarbonyl (C=S) groups is 1. The van der Waals surface area contributed by atoms with Gasteiger partial charge in [-0.2, -0.15) is 0 Å². The maximum Gasteiger partial charge on any atom is 0.250 e. The van der Waals surface area contributed by atoms with E-state index in [-0.39, 0.29) is 17.6 Å². The number of hydrogen-bond acceptors (Lipinski definition) is 4. The van der Waals surface area contributed by atoms with Gasteiger partial charge in [0.05, 0.1) is 12.9 Å². The summed E-state index contributed by atoms with van der Waals surface area (Å²) in [6.45, 7) is -0.0550. The lowest BCUT2D eigenvalue weighted by atomic mass is 10.2. The van der Waals surface area contributed by atoms with Crippen molar-refractivity contribution in [1.82, 2.24) is 5.32 Å². The van der Waals surface area contributed by atoms with Crippen LogP contribution in [-0.4, -0.2) is 16.1 Å². The number of carbonyl (C=O) groups is 1. The highest BCUT2D eigenvalue weighted by molar-refractivity contribution is 7.80. The highest BCUT2D eigenvalue weighted by Crippen LogP contribution is 2.10. The molecule has 0 aliphatic carbocycles. The Labute approximate surface area is 127 Å². The van der Waals surface area contributed by atoms with Crippen LogP contribution in [0.5, 0.6) is 0 Å². The zero-order valence-electron chi connectivity index (χ0n) is 11.1. The highest BCUT2D eigenvalue weighted by atomic mass is 32.1. The van der Waals surface area contributed by atoms with Crippen LogP contribution in [-0.2, 0) is 11.4 Å². The second kappa shape index (κ2) is 7.37. The largest absolute Gasteiger partial charge is 0.465 e.